The van der Waals surface area contributed by atoms with E-state index < -0.39 is 0 Å². The number of nitrogens with zero attached hydrogens (tertiary/aromatic N) is 4. The second kappa shape index (κ2) is 4.41. The minimum atomic E-state index is -0.189. The van der Waals surface area contributed by atoms with Gasteiger partial charge in [0, 0.05) is 24.2 Å². The van der Waals surface area contributed by atoms with Crippen LogP contribution in [0.5, 0.6) is 0 Å². The van der Waals surface area contributed by atoms with Gasteiger partial charge in [-0.25, -0.2) is 4.68 Å². The molecule has 0 radical (unpaired) electrons. The third-order valence-corrected chi connectivity index (χ3v) is 5.47. The number of benzene rings is 1. The summed E-state index contributed by atoms with van der Waals surface area (Å²) in [5, 5.41) is 9.42. The normalized spacial score (nSPS) is 20.5. The van der Waals surface area contributed by atoms with Crippen LogP contribution in [-0.2, 0) is 7.05 Å². The number of rotatable bonds is 3. The molecule has 0 aliphatic heterocycles. The molecule has 2 fully saturated rings. The molecule has 1 atom stereocenters. The van der Waals surface area contributed by atoms with Crippen LogP contribution in [0.3, 0.4) is 0 Å². The molecule has 1 unspecified atom stereocenters. The standard InChI is InChI=1S/C18H16N4O2/c1-21-8-5-11-12(3-2-4-13(11)17(21)24)16(23)14-10-22(20-19-14)15-9-18(15)6-7-18/h2-5,8,10,15H,6-7,9H2,1H3. The largest absolute Gasteiger partial charge is 0.318 e. The summed E-state index contributed by atoms with van der Waals surface area (Å²) in [7, 11) is 1.70. The van der Waals surface area contributed by atoms with E-state index in [0.717, 1.165) is 6.42 Å². The van der Waals surface area contributed by atoms with Crippen LogP contribution in [0.15, 0.2) is 41.5 Å². The van der Waals surface area contributed by atoms with E-state index in [2.05, 4.69) is 10.3 Å². The fourth-order valence-electron chi connectivity index (χ4n) is 3.64. The fourth-order valence-corrected chi connectivity index (χ4v) is 3.64. The lowest BCUT2D eigenvalue weighted by atomic mass is 10.0. The number of hydrogen-bond donors (Lipinski definition) is 0. The average molecular weight is 320 g/mol. The molecule has 2 aromatic heterocycles. The molecule has 1 aromatic carbocycles. The van der Waals surface area contributed by atoms with Gasteiger partial charge in [0.2, 0.25) is 5.78 Å². The predicted molar refractivity (Wildman–Crippen MR) is 88.0 cm³/mol. The highest BCUT2D eigenvalue weighted by Gasteiger charge is 2.64. The number of carbonyl (C=O) groups excluding carboxylic acids is 1. The molecule has 2 heterocycles. The van der Waals surface area contributed by atoms with Gasteiger partial charge in [0.25, 0.3) is 5.56 Å². The molecule has 6 heteroatoms. The van der Waals surface area contributed by atoms with Crippen molar-refractivity contribution < 1.29 is 4.79 Å². The monoisotopic (exact) mass is 320 g/mol. The van der Waals surface area contributed by atoms with Crippen LogP contribution in [0.1, 0.15) is 41.4 Å². The van der Waals surface area contributed by atoms with Crippen LogP contribution in [0.2, 0.25) is 0 Å². The van der Waals surface area contributed by atoms with Crippen LogP contribution in [0.25, 0.3) is 10.8 Å². The SMILES string of the molecule is Cn1ccc2c(C(=O)c3cn(C4CC45CC5)nn3)cccc2c1=O. The van der Waals surface area contributed by atoms with Gasteiger partial charge in [-0.3, -0.25) is 9.59 Å². The molecule has 2 aliphatic carbocycles. The number of aromatic nitrogens is 4. The van der Waals surface area contributed by atoms with Crippen molar-refractivity contribution in [1.82, 2.24) is 19.6 Å². The van der Waals surface area contributed by atoms with Crippen LogP contribution in [0.4, 0.5) is 0 Å². The zero-order valence-corrected chi connectivity index (χ0v) is 13.3. The molecule has 0 N–H and O–H groups in total. The van der Waals surface area contributed by atoms with Crippen molar-refractivity contribution >= 4 is 16.6 Å². The van der Waals surface area contributed by atoms with E-state index in [4.69, 9.17) is 0 Å². The fraction of sp³-hybridized carbons (Fsp3) is 0.333. The number of carbonyl (C=O) groups is 1. The van der Waals surface area contributed by atoms with E-state index in [1.54, 1.807) is 43.7 Å². The van der Waals surface area contributed by atoms with Crippen molar-refractivity contribution in [3.63, 3.8) is 0 Å². The van der Waals surface area contributed by atoms with Gasteiger partial charge in [-0.2, -0.15) is 0 Å². The lowest BCUT2D eigenvalue weighted by molar-refractivity contribution is 0.103. The quantitative estimate of drug-likeness (QED) is 0.693. The molecular formula is C18H16N4O2. The summed E-state index contributed by atoms with van der Waals surface area (Å²) in [4.78, 5) is 25.1. The molecule has 1 spiro atoms. The minimum Gasteiger partial charge on any atom is -0.318 e. The van der Waals surface area contributed by atoms with Crippen LogP contribution < -0.4 is 5.56 Å². The smallest absolute Gasteiger partial charge is 0.258 e. The second-order valence-electron chi connectivity index (χ2n) is 6.99. The number of aryl methyl sites for hydroxylation is 1. The summed E-state index contributed by atoms with van der Waals surface area (Å²) in [6.45, 7) is 0. The third kappa shape index (κ3) is 1.82. The van der Waals surface area contributed by atoms with Crippen molar-refractivity contribution in [3.8, 4) is 0 Å². The highest BCUT2D eigenvalue weighted by Crippen LogP contribution is 2.72. The van der Waals surface area contributed by atoms with E-state index >= 15 is 0 Å². The lowest BCUT2D eigenvalue weighted by Gasteiger charge is -2.05. The van der Waals surface area contributed by atoms with E-state index in [0.29, 0.717) is 33.5 Å². The molecule has 0 amide bonds. The number of hydrogen-bond acceptors (Lipinski definition) is 4. The zero-order valence-electron chi connectivity index (χ0n) is 13.3. The van der Waals surface area contributed by atoms with Gasteiger partial charge in [-0.1, -0.05) is 17.3 Å². The summed E-state index contributed by atoms with van der Waals surface area (Å²) in [5.41, 5.74) is 1.18. The Morgan fingerprint density at radius 2 is 2.08 bits per heavy atom. The number of fused-ring (bicyclic) bond motifs is 1. The number of pyridine rings is 1. The summed E-state index contributed by atoms with van der Waals surface area (Å²) in [6, 6.07) is 7.43. The van der Waals surface area contributed by atoms with E-state index in [9.17, 15) is 9.59 Å². The predicted octanol–water partition coefficient (Wildman–Crippen LogP) is 2.09. The van der Waals surface area contributed by atoms with Crippen molar-refractivity contribution in [2.75, 3.05) is 0 Å². The van der Waals surface area contributed by atoms with Crippen LogP contribution in [0, 0.1) is 5.41 Å². The molecular weight excluding hydrogens is 304 g/mol. The molecule has 2 saturated carbocycles. The molecule has 6 nitrogen and oxygen atoms in total. The van der Waals surface area contributed by atoms with Gasteiger partial charge in [0.05, 0.1) is 12.2 Å². The first-order valence-corrected chi connectivity index (χ1v) is 8.14. The summed E-state index contributed by atoms with van der Waals surface area (Å²) < 4.78 is 3.35. The second-order valence-corrected chi connectivity index (χ2v) is 6.99. The van der Waals surface area contributed by atoms with Crippen molar-refractivity contribution in [3.05, 3.63) is 58.3 Å². The molecule has 24 heavy (non-hydrogen) atoms. The molecule has 120 valence electrons. The maximum Gasteiger partial charge on any atom is 0.258 e. The Balaban J connectivity index is 1.56. The van der Waals surface area contributed by atoms with Crippen LogP contribution >= 0.6 is 0 Å². The first kappa shape index (κ1) is 13.7. The van der Waals surface area contributed by atoms with E-state index in [1.165, 1.54) is 17.4 Å². The Bertz CT molecular complexity index is 1060. The first-order valence-electron chi connectivity index (χ1n) is 8.14. The highest BCUT2D eigenvalue weighted by molar-refractivity contribution is 6.15. The third-order valence-electron chi connectivity index (χ3n) is 5.47. The van der Waals surface area contributed by atoms with Gasteiger partial charge < -0.3 is 4.57 Å². The van der Waals surface area contributed by atoms with Gasteiger partial charge in [-0.05, 0) is 42.2 Å². The van der Waals surface area contributed by atoms with Gasteiger partial charge in [0.1, 0.15) is 0 Å². The molecule has 3 aromatic rings. The van der Waals surface area contributed by atoms with Crippen molar-refractivity contribution in [2.24, 2.45) is 12.5 Å². The lowest BCUT2D eigenvalue weighted by Crippen LogP contribution is -2.16. The molecule has 0 bridgehead atoms. The molecule has 0 saturated heterocycles. The topological polar surface area (TPSA) is 69.8 Å². The Morgan fingerprint density at radius 1 is 1.25 bits per heavy atom. The van der Waals surface area contributed by atoms with E-state index in [-0.39, 0.29) is 11.3 Å². The van der Waals surface area contributed by atoms with Gasteiger partial charge in [0.15, 0.2) is 5.69 Å². The number of ketones is 1. The Hall–Kier alpha value is -2.76. The molecule has 2 aliphatic rings. The van der Waals surface area contributed by atoms with Crippen molar-refractivity contribution in [1.29, 1.82) is 0 Å². The molecule has 5 rings (SSSR count). The van der Waals surface area contributed by atoms with Gasteiger partial charge >= 0.3 is 0 Å². The summed E-state index contributed by atoms with van der Waals surface area (Å²) >= 11 is 0. The maximum atomic E-state index is 12.9. The van der Waals surface area contributed by atoms with E-state index in [1.807, 2.05) is 4.68 Å². The first-order chi connectivity index (χ1) is 11.6. The summed E-state index contributed by atoms with van der Waals surface area (Å²) in [5.74, 6) is -0.189. The Labute approximate surface area is 137 Å². The van der Waals surface area contributed by atoms with Crippen molar-refractivity contribution in [2.45, 2.75) is 25.3 Å². The summed E-state index contributed by atoms with van der Waals surface area (Å²) in [6.07, 6.45) is 7.09. The van der Waals surface area contributed by atoms with Gasteiger partial charge in [-0.15, -0.1) is 5.10 Å². The zero-order chi connectivity index (χ0) is 16.5. The van der Waals surface area contributed by atoms with Crippen LogP contribution in [-0.4, -0.2) is 25.3 Å². The Kier molecular flexibility index (Phi) is 2.51. The average Bonchev–Trinajstić information content (AvgIpc) is 3.48. The highest BCUT2D eigenvalue weighted by atomic mass is 16.1. The Morgan fingerprint density at radius 3 is 2.83 bits per heavy atom. The minimum absolute atomic E-state index is 0.112. The maximum absolute atomic E-state index is 12.9.